The van der Waals surface area contributed by atoms with E-state index in [0.29, 0.717) is 18.2 Å². The van der Waals surface area contributed by atoms with Crippen molar-refractivity contribution in [2.75, 3.05) is 37.7 Å². The molecule has 1 aromatic heterocycles. The van der Waals surface area contributed by atoms with Crippen molar-refractivity contribution in [3.63, 3.8) is 0 Å². The van der Waals surface area contributed by atoms with Crippen LogP contribution in [0.4, 0.5) is 5.95 Å². The number of ether oxygens (including phenoxy) is 1. The molecule has 1 aliphatic rings. The first-order valence-corrected chi connectivity index (χ1v) is 8.94. The van der Waals surface area contributed by atoms with Gasteiger partial charge in [-0.2, -0.15) is 0 Å². The van der Waals surface area contributed by atoms with E-state index in [2.05, 4.69) is 15.2 Å². The number of nitrogens with one attached hydrogen (secondary N) is 1. The molecule has 0 saturated carbocycles. The van der Waals surface area contributed by atoms with E-state index in [-0.39, 0.29) is 5.56 Å². The van der Waals surface area contributed by atoms with Gasteiger partial charge in [0.2, 0.25) is 5.95 Å². The Bertz CT molecular complexity index is 755. The van der Waals surface area contributed by atoms with E-state index in [1.807, 2.05) is 19.1 Å². The van der Waals surface area contributed by atoms with Crippen LogP contribution in [-0.2, 0) is 6.54 Å². The largest absolute Gasteiger partial charge is 0.494 e. The van der Waals surface area contributed by atoms with E-state index in [0.717, 1.165) is 50.0 Å². The molecule has 1 saturated heterocycles. The number of aryl methyl sites for hydroxylation is 1. The third-order valence-electron chi connectivity index (χ3n) is 4.12. The van der Waals surface area contributed by atoms with Crippen molar-refractivity contribution < 1.29 is 4.74 Å². The Labute approximate surface area is 152 Å². The van der Waals surface area contributed by atoms with Crippen molar-refractivity contribution >= 4 is 17.5 Å². The minimum Gasteiger partial charge on any atom is -0.494 e. The van der Waals surface area contributed by atoms with Crippen LogP contribution in [0.25, 0.3) is 0 Å². The zero-order valence-electron chi connectivity index (χ0n) is 14.4. The van der Waals surface area contributed by atoms with Crippen LogP contribution in [0, 0.1) is 6.92 Å². The fourth-order valence-electron chi connectivity index (χ4n) is 2.87. The molecule has 1 fully saturated rings. The number of halogens is 1. The van der Waals surface area contributed by atoms with Crippen LogP contribution in [0.5, 0.6) is 5.75 Å². The lowest BCUT2D eigenvalue weighted by molar-refractivity contribution is 0.300. The minimum absolute atomic E-state index is 0.00692. The van der Waals surface area contributed by atoms with Crippen LogP contribution in [0.1, 0.15) is 12.1 Å². The first kappa shape index (κ1) is 17.8. The quantitative estimate of drug-likeness (QED) is 0.797. The minimum atomic E-state index is -0.00692. The highest BCUT2D eigenvalue weighted by Gasteiger charge is 2.17. The standard InChI is InChI=1S/C18H23ClN4O2/c1-14-13-17(24)23(18(21-14)22-10-7-20-8-11-22)9-2-12-25-16-5-3-15(19)4-6-16/h3-6,13,20H,2,7-12H2,1H3. The van der Waals surface area contributed by atoms with Gasteiger partial charge in [0.15, 0.2) is 0 Å². The highest BCUT2D eigenvalue weighted by atomic mass is 35.5. The highest BCUT2D eigenvalue weighted by Crippen LogP contribution is 2.16. The molecule has 0 aliphatic carbocycles. The number of benzene rings is 1. The summed E-state index contributed by atoms with van der Waals surface area (Å²) in [6, 6.07) is 8.87. The maximum Gasteiger partial charge on any atom is 0.255 e. The van der Waals surface area contributed by atoms with E-state index in [1.165, 1.54) is 0 Å². The summed E-state index contributed by atoms with van der Waals surface area (Å²) in [5.41, 5.74) is 0.750. The molecular weight excluding hydrogens is 340 g/mol. The van der Waals surface area contributed by atoms with Crippen LogP contribution in [0.2, 0.25) is 5.02 Å². The maximum atomic E-state index is 12.4. The second kappa shape index (κ2) is 8.36. The Balaban J connectivity index is 1.64. The van der Waals surface area contributed by atoms with Gasteiger partial charge in [0.1, 0.15) is 5.75 Å². The predicted octanol–water partition coefficient (Wildman–Crippen LogP) is 2.08. The summed E-state index contributed by atoms with van der Waals surface area (Å²) >= 11 is 5.86. The normalized spacial score (nSPS) is 14.6. The van der Waals surface area contributed by atoms with E-state index < -0.39 is 0 Å². The van der Waals surface area contributed by atoms with Crippen molar-refractivity contribution in [3.8, 4) is 5.75 Å². The summed E-state index contributed by atoms with van der Waals surface area (Å²) in [5, 5.41) is 4.01. The average Bonchev–Trinajstić information content (AvgIpc) is 2.62. The molecule has 0 unspecified atom stereocenters. The zero-order chi connectivity index (χ0) is 17.6. The molecule has 3 rings (SSSR count). The van der Waals surface area contributed by atoms with Gasteiger partial charge in [-0.05, 0) is 37.6 Å². The highest BCUT2D eigenvalue weighted by molar-refractivity contribution is 6.30. The molecule has 2 heterocycles. The Hall–Kier alpha value is -2.05. The first-order chi connectivity index (χ1) is 12.1. The number of anilines is 1. The van der Waals surface area contributed by atoms with Crippen molar-refractivity contribution in [2.24, 2.45) is 0 Å². The summed E-state index contributed by atoms with van der Waals surface area (Å²) in [6.07, 6.45) is 0.729. The lowest BCUT2D eigenvalue weighted by Gasteiger charge is -2.30. The van der Waals surface area contributed by atoms with Gasteiger partial charge in [-0.25, -0.2) is 4.98 Å². The fraction of sp³-hybridized carbons (Fsp3) is 0.444. The predicted molar refractivity (Wildman–Crippen MR) is 99.9 cm³/mol. The molecule has 0 spiro atoms. The van der Waals surface area contributed by atoms with E-state index in [9.17, 15) is 4.79 Å². The van der Waals surface area contributed by atoms with Crippen molar-refractivity contribution in [3.05, 3.63) is 51.4 Å². The van der Waals surface area contributed by atoms with E-state index in [4.69, 9.17) is 16.3 Å². The third-order valence-corrected chi connectivity index (χ3v) is 4.38. The summed E-state index contributed by atoms with van der Waals surface area (Å²) in [7, 11) is 0. The smallest absolute Gasteiger partial charge is 0.255 e. The van der Waals surface area contributed by atoms with Gasteiger partial charge in [-0.15, -0.1) is 0 Å². The number of nitrogens with zero attached hydrogens (tertiary/aromatic N) is 3. The van der Waals surface area contributed by atoms with Gasteiger partial charge in [0.05, 0.1) is 6.61 Å². The molecule has 134 valence electrons. The fourth-order valence-corrected chi connectivity index (χ4v) is 2.99. The van der Waals surface area contributed by atoms with E-state index in [1.54, 1.807) is 22.8 Å². The van der Waals surface area contributed by atoms with Gasteiger partial charge < -0.3 is 15.0 Å². The monoisotopic (exact) mass is 362 g/mol. The molecule has 1 aliphatic heterocycles. The Morgan fingerprint density at radius 2 is 1.96 bits per heavy atom. The second-order valence-electron chi connectivity index (χ2n) is 6.08. The number of aromatic nitrogens is 2. The van der Waals surface area contributed by atoms with Crippen LogP contribution < -0.4 is 20.5 Å². The molecule has 1 aromatic carbocycles. The lowest BCUT2D eigenvalue weighted by atomic mass is 10.3. The molecular formula is C18H23ClN4O2. The van der Waals surface area contributed by atoms with Crippen molar-refractivity contribution in [2.45, 2.75) is 19.9 Å². The Kier molecular flexibility index (Phi) is 5.94. The van der Waals surface area contributed by atoms with Crippen LogP contribution in [0.15, 0.2) is 35.1 Å². The van der Waals surface area contributed by atoms with Gasteiger partial charge in [-0.1, -0.05) is 11.6 Å². The van der Waals surface area contributed by atoms with Gasteiger partial charge >= 0.3 is 0 Å². The summed E-state index contributed by atoms with van der Waals surface area (Å²) < 4.78 is 7.47. The lowest BCUT2D eigenvalue weighted by Crippen LogP contribution is -2.46. The number of rotatable bonds is 6. The second-order valence-corrected chi connectivity index (χ2v) is 6.52. The summed E-state index contributed by atoms with van der Waals surface area (Å²) in [5.74, 6) is 1.54. The van der Waals surface area contributed by atoms with Crippen LogP contribution >= 0.6 is 11.6 Å². The number of hydrogen-bond donors (Lipinski definition) is 1. The summed E-state index contributed by atoms with van der Waals surface area (Å²) in [4.78, 5) is 19.2. The number of piperazine rings is 1. The molecule has 0 amide bonds. The molecule has 1 N–H and O–H groups in total. The molecule has 2 aromatic rings. The zero-order valence-corrected chi connectivity index (χ0v) is 15.1. The SMILES string of the molecule is Cc1cc(=O)n(CCCOc2ccc(Cl)cc2)c(N2CCNCC2)n1. The van der Waals surface area contributed by atoms with Gasteiger partial charge in [0, 0.05) is 49.5 Å². The van der Waals surface area contributed by atoms with Gasteiger partial charge in [-0.3, -0.25) is 9.36 Å². The number of hydrogen-bond acceptors (Lipinski definition) is 5. The molecule has 7 heteroatoms. The molecule has 0 bridgehead atoms. The topological polar surface area (TPSA) is 59.4 Å². The molecule has 0 radical (unpaired) electrons. The summed E-state index contributed by atoms with van der Waals surface area (Å²) in [6.45, 7) is 6.50. The molecule has 25 heavy (non-hydrogen) atoms. The Morgan fingerprint density at radius 3 is 2.68 bits per heavy atom. The average molecular weight is 363 g/mol. The maximum absolute atomic E-state index is 12.4. The third kappa shape index (κ3) is 4.74. The molecule has 0 atom stereocenters. The van der Waals surface area contributed by atoms with Gasteiger partial charge in [0.25, 0.3) is 5.56 Å². The Morgan fingerprint density at radius 1 is 1.24 bits per heavy atom. The van der Waals surface area contributed by atoms with Crippen LogP contribution in [-0.4, -0.2) is 42.3 Å². The van der Waals surface area contributed by atoms with E-state index >= 15 is 0 Å². The van der Waals surface area contributed by atoms with Crippen LogP contribution in [0.3, 0.4) is 0 Å². The first-order valence-electron chi connectivity index (χ1n) is 8.56. The van der Waals surface area contributed by atoms with Crippen molar-refractivity contribution in [1.29, 1.82) is 0 Å². The van der Waals surface area contributed by atoms with Crippen molar-refractivity contribution in [1.82, 2.24) is 14.9 Å². The molecule has 6 nitrogen and oxygen atoms in total.